The molecule has 0 aliphatic heterocycles. The van der Waals surface area contributed by atoms with Gasteiger partial charge < -0.3 is 10.1 Å². The highest BCUT2D eigenvalue weighted by atomic mass is 19.1. The van der Waals surface area contributed by atoms with Crippen LogP contribution in [0.5, 0.6) is 0 Å². The zero-order valence-electron chi connectivity index (χ0n) is 12.2. The average Bonchev–Trinajstić information content (AvgIpc) is 2.31. The fourth-order valence-electron chi connectivity index (χ4n) is 1.86. The largest absolute Gasteiger partial charge is 0.445 e. The van der Waals surface area contributed by atoms with Gasteiger partial charge in [0.2, 0.25) is 0 Å². The summed E-state index contributed by atoms with van der Waals surface area (Å²) in [6.07, 6.45) is -0.690. The molecular formula is C15H20FNO3. The summed E-state index contributed by atoms with van der Waals surface area (Å²) in [6, 6.07) is 5.18. The van der Waals surface area contributed by atoms with Gasteiger partial charge in [0.1, 0.15) is 12.4 Å². The van der Waals surface area contributed by atoms with E-state index in [-0.39, 0.29) is 18.2 Å². The van der Waals surface area contributed by atoms with Crippen LogP contribution in [0.25, 0.3) is 0 Å². The molecule has 1 aromatic carbocycles. The molecule has 1 aromatic rings. The summed E-state index contributed by atoms with van der Waals surface area (Å²) in [5.41, 5.74) is 0.152. The van der Waals surface area contributed by atoms with E-state index in [9.17, 15) is 14.0 Å². The summed E-state index contributed by atoms with van der Waals surface area (Å²) in [6.45, 7) is 6.94. The van der Waals surface area contributed by atoms with E-state index in [1.54, 1.807) is 12.1 Å². The van der Waals surface area contributed by atoms with Gasteiger partial charge in [0.25, 0.3) is 0 Å². The number of ether oxygens (including phenoxy) is 1. The fraction of sp³-hybridized carbons (Fsp3) is 0.467. The van der Waals surface area contributed by atoms with Crippen molar-refractivity contribution in [2.75, 3.05) is 0 Å². The lowest BCUT2D eigenvalue weighted by Gasteiger charge is -2.28. The molecule has 1 rings (SSSR count). The van der Waals surface area contributed by atoms with Crippen LogP contribution >= 0.6 is 0 Å². The Morgan fingerprint density at radius 3 is 2.50 bits per heavy atom. The zero-order valence-corrected chi connectivity index (χ0v) is 12.2. The Balaban J connectivity index is 2.57. The van der Waals surface area contributed by atoms with Crippen LogP contribution in [-0.4, -0.2) is 17.9 Å². The molecule has 0 bridgehead atoms. The molecule has 0 aliphatic rings. The second kappa shape index (κ2) is 6.50. The molecular weight excluding hydrogens is 261 g/mol. The first kappa shape index (κ1) is 16.1. The Bertz CT molecular complexity index is 494. The highest BCUT2D eigenvalue weighted by Gasteiger charge is 2.30. The lowest BCUT2D eigenvalue weighted by molar-refractivity contribution is -0.121. The monoisotopic (exact) mass is 281 g/mol. The Morgan fingerprint density at radius 2 is 2.00 bits per heavy atom. The van der Waals surface area contributed by atoms with Gasteiger partial charge in [-0.2, -0.15) is 0 Å². The number of halogens is 1. The van der Waals surface area contributed by atoms with Gasteiger partial charge in [-0.3, -0.25) is 4.79 Å². The van der Waals surface area contributed by atoms with E-state index >= 15 is 0 Å². The molecule has 0 spiro atoms. The molecule has 1 unspecified atom stereocenters. The molecule has 1 atom stereocenters. The van der Waals surface area contributed by atoms with Crippen molar-refractivity contribution < 1.29 is 18.7 Å². The topological polar surface area (TPSA) is 55.4 Å². The van der Waals surface area contributed by atoms with Crippen molar-refractivity contribution in [3.05, 3.63) is 35.6 Å². The van der Waals surface area contributed by atoms with E-state index in [2.05, 4.69) is 5.32 Å². The average molecular weight is 281 g/mol. The van der Waals surface area contributed by atoms with E-state index in [4.69, 9.17) is 4.74 Å². The summed E-state index contributed by atoms with van der Waals surface area (Å²) < 4.78 is 18.0. The lowest BCUT2D eigenvalue weighted by Crippen LogP contribution is -2.48. The van der Waals surface area contributed by atoms with Crippen molar-refractivity contribution in [1.29, 1.82) is 0 Å². The number of Topliss-reactive ketones (excluding diaryl/α,β-unsaturated/α-hetero) is 1. The van der Waals surface area contributed by atoms with E-state index in [1.807, 2.05) is 20.8 Å². The SMILES string of the molecule is CC(=O)C(NC(=O)OCc1cccc(F)c1)C(C)(C)C. The van der Waals surface area contributed by atoms with Crippen molar-refractivity contribution in [2.45, 2.75) is 40.3 Å². The third-order valence-electron chi connectivity index (χ3n) is 2.79. The van der Waals surface area contributed by atoms with Gasteiger partial charge in [-0.15, -0.1) is 0 Å². The molecule has 20 heavy (non-hydrogen) atoms. The van der Waals surface area contributed by atoms with Crippen molar-refractivity contribution in [1.82, 2.24) is 5.32 Å². The molecule has 4 nitrogen and oxygen atoms in total. The van der Waals surface area contributed by atoms with Crippen LogP contribution < -0.4 is 5.32 Å². The van der Waals surface area contributed by atoms with Gasteiger partial charge in [-0.1, -0.05) is 32.9 Å². The molecule has 0 fully saturated rings. The smallest absolute Gasteiger partial charge is 0.408 e. The van der Waals surface area contributed by atoms with Gasteiger partial charge in [0.05, 0.1) is 6.04 Å². The number of carbonyl (C=O) groups is 2. The van der Waals surface area contributed by atoms with E-state index in [1.165, 1.54) is 19.1 Å². The standard InChI is InChI=1S/C15H20FNO3/c1-10(18)13(15(2,3)4)17-14(19)20-9-11-6-5-7-12(16)8-11/h5-8,13H,9H2,1-4H3,(H,17,19). The first-order valence-corrected chi connectivity index (χ1v) is 6.38. The summed E-state index contributed by atoms with van der Waals surface area (Å²) in [5.74, 6) is -0.525. The zero-order chi connectivity index (χ0) is 15.3. The van der Waals surface area contributed by atoms with E-state index < -0.39 is 17.6 Å². The van der Waals surface area contributed by atoms with Crippen molar-refractivity contribution >= 4 is 11.9 Å². The Kier molecular flexibility index (Phi) is 5.25. The van der Waals surface area contributed by atoms with Crippen molar-refractivity contribution in [3.63, 3.8) is 0 Å². The molecule has 0 heterocycles. The predicted molar refractivity (Wildman–Crippen MR) is 73.6 cm³/mol. The van der Waals surface area contributed by atoms with Crippen LogP contribution in [0.3, 0.4) is 0 Å². The minimum Gasteiger partial charge on any atom is -0.445 e. The molecule has 0 aromatic heterocycles. The molecule has 1 N–H and O–H groups in total. The third kappa shape index (κ3) is 4.99. The highest BCUT2D eigenvalue weighted by molar-refractivity contribution is 5.86. The van der Waals surface area contributed by atoms with Crippen molar-refractivity contribution in [2.24, 2.45) is 5.41 Å². The Hall–Kier alpha value is -1.91. The molecule has 0 radical (unpaired) electrons. The second-order valence-electron chi connectivity index (χ2n) is 5.76. The minimum absolute atomic E-state index is 0.0433. The predicted octanol–water partition coefficient (Wildman–Crippen LogP) is 3.06. The Labute approximate surface area is 118 Å². The third-order valence-corrected chi connectivity index (χ3v) is 2.79. The molecule has 0 aliphatic carbocycles. The van der Waals surface area contributed by atoms with Crippen LogP contribution in [0, 0.1) is 11.2 Å². The fourth-order valence-corrected chi connectivity index (χ4v) is 1.86. The van der Waals surface area contributed by atoms with Crippen LogP contribution in [0.15, 0.2) is 24.3 Å². The number of alkyl carbamates (subject to hydrolysis) is 1. The second-order valence-corrected chi connectivity index (χ2v) is 5.76. The highest BCUT2D eigenvalue weighted by Crippen LogP contribution is 2.20. The van der Waals surface area contributed by atoms with Gasteiger partial charge >= 0.3 is 6.09 Å². The number of hydrogen-bond donors (Lipinski definition) is 1. The molecule has 0 saturated carbocycles. The van der Waals surface area contributed by atoms with Gasteiger partial charge in [0.15, 0.2) is 5.78 Å². The molecule has 0 saturated heterocycles. The van der Waals surface area contributed by atoms with E-state index in [0.29, 0.717) is 5.56 Å². The van der Waals surface area contributed by atoms with Crippen LogP contribution in [0.1, 0.15) is 33.3 Å². The number of carbonyl (C=O) groups excluding carboxylic acids is 2. The number of benzene rings is 1. The number of amides is 1. The summed E-state index contributed by atoms with van der Waals surface area (Å²) in [7, 11) is 0. The maximum Gasteiger partial charge on any atom is 0.408 e. The van der Waals surface area contributed by atoms with Crippen LogP contribution in [0.4, 0.5) is 9.18 Å². The molecule has 110 valence electrons. The number of nitrogens with one attached hydrogen (secondary N) is 1. The summed E-state index contributed by atoms with van der Waals surface area (Å²) in [5, 5.41) is 2.54. The summed E-state index contributed by atoms with van der Waals surface area (Å²) >= 11 is 0. The molecule has 5 heteroatoms. The van der Waals surface area contributed by atoms with Crippen LogP contribution in [0.2, 0.25) is 0 Å². The molecule has 1 amide bonds. The number of ketones is 1. The maximum atomic E-state index is 13.0. The quantitative estimate of drug-likeness (QED) is 0.922. The maximum absolute atomic E-state index is 13.0. The lowest BCUT2D eigenvalue weighted by atomic mass is 9.85. The van der Waals surface area contributed by atoms with Gasteiger partial charge in [0, 0.05) is 0 Å². The summed E-state index contributed by atoms with van der Waals surface area (Å²) in [4.78, 5) is 23.2. The number of rotatable bonds is 4. The first-order valence-electron chi connectivity index (χ1n) is 6.38. The van der Waals surface area contributed by atoms with Gasteiger partial charge in [-0.05, 0) is 30.0 Å². The van der Waals surface area contributed by atoms with E-state index in [0.717, 1.165) is 0 Å². The van der Waals surface area contributed by atoms with Gasteiger partial charge in [-0.25, -0.2) is 9.18 Å². The normalized spacial score (nSPS) is 12.7. The number of hydrogen-bond acceptors (Lipinski definition) is 3. The first-order chi connectivity index (χ1) is 9.20. The van der Waals surface area contributed by atoms with Crippen molar-refractivity contribution in [3.8, 4) is 0 Å². The minimum atomic E-state index is -0.690. The Morgan fingerprint density at radius 1 is 1.35 bits per heavy atom. The van der Waals surface area contributed by atoms with Crippen LogP contribution in [-0.2, 0) is 16.1 Å².